The largest absolute Gasteiger partial charge is 0.453 e. The number of aromatic amines is 2. The number of amides is 4. The molecule has 14 nitrogen and oxygen atoms in total. The molecule has 2 aromatic heterocycles. The minimum absolute atomic E-state index is 0.112. The van der Waals surface area contributed by atoms with Crippen LogP contribution in [0.4, 0.5) is 9.59 Å². The number of aromatic nitrogens is 4. The van der Waals surface area contributed by atoms with E-state index in [1.54, 1.807) is 0 Å². The number of benzene rings is 2. The summed E-state index contributed by atoms with van der Waals surface area (Å²) in [7, 11) is 2.58. The Kier molecular flexibility index (Phi) is 10.7. The van der Waals surface area contributed by atoms with E-state index < -0.39 is 24.3 Å². The molecule has 2 fully saturated rings. The third kappa shape index (κ3) is 7.41. The first-order valence-corrected chi connectivity index (χ1v) is 19.1. The van der Waals surface area contributed by atoms with Crippen LogP contribution in [0.2, 0.25) is 0 Å². The van der Waals surface area contributed by atoms with Crippen molar-refractivity contribution >= 4 is 24.0 Å². The lowest BCUT2D eigenvalue weighted by Gasteiger charge is -2.30. The fraction of sp³-hybridized carbons (Fsp3) is 0.463. The third-order valence-corrected chi connectivity index (χ3v) is 11.2. The van der Waals surface area contributed by atoms with Crippen LogP contribution in [0.15, 0.2) is 48.8 Å². The van der Waals surface area contributed by atoms with Crippen LogP contribution in [0.5, 0.6) is 0 Å². The van der Waals surface area contributed by atoms with Crippen LogP contribution in [-0.2, 0) is 25.5 Å². The van der Waals surface area contributed by atoms with Crippen molar-refractivity contribution < 1.29 is 28.7 Å². The number of imidazole rings is 2. The minimum atomic E-state index is -0.696. The van der Waals surface area contributed by atoms with Crippen LogP contribution in [0.1, 0.15) is 88.2 Å². The van der Waals surface area contributed by atoms with Crippen LogP contribution in [0.25, 0.3) is 33.6 Å². The Labute approximate surface area is 320 Å². The van der Waals surface area contributed by atoms with Crippen LogP contribution in [0, 0.1) is 11.8 Å². The Morgan fingerprint density at radius 2 is 1.11 bits per heavy atom. The molecule has 1 aliphatic carbocycles. The van der Waals surface area contributed by atoms with E-state index in [1.165, 1.54) is 25.3 Å². The molecule has 0 saturated carbocycles. The zero-order valence-electron chi connectivity index (χ0n) is 32.3. The zero-order valence-corrected chi connectivity index (χ0v) is 32.3. The Morgan fingerprint density at radius 1 is 0.691 bits per heavy atom. The molecule has 2 aromatic carbocycles. The number of H-pyrrole nitrogens is 2. The van der Waals surface area contributed by atoms with Gasteiger partial charge in [0, 0.05) is 24.2 Å². The average molecular weight is 751 g/mol. The summed E-state index contributed by atoms with van der Waals surface area (Å²) in [6.07, 6.45) is 6.47. The Bertz CT molecular complexity index is 1940. The predicted octanol–water partition coefficient (Wildman–Crippen LogP) is 6.13. The van der Waals surface area contributed by atoms with Crippen LogP contribution in [0.3, 0.4) is 0 Å². The first-order valence-electron chi connectivity index (χ1n) is 19.1. The van der Waals surface area contributed by atoms with Crippen molar-refractivity contribution in [2.75, 3.05) is 27.3 Å². The second kappa shape index (κ2) is 15.6. The number of fused-ring (bicyclic) bond motifs is 3. The van der Waals surface area contributed by atoms with E-state index in [2.05, 4.69) is 57.0 Å². The SMILES string of the molecule is COC(=O)NC(C(=O)N1CCCC1c1ncc(-c2ccc3c(c2)-c2cc(-c4cnc(C5CCCN5C(=O)C(NC(=O)OC)C(C)C)[nH]4)ccc2C3)[nH]1)C(C)C. The van der Waals surface area contributed by atoms with E-state index in [9.17, 15) is 19.2 Å². The molecule has 2 aliphatic heterocycles. The lowest BCUT2D eigenvalue weighted by Crippen LogP contribution is -2.51. The number of nitrogens with one attached hydrogen (secondary N) is 4. The molecule has 0 spiro atoms. The molecule has 3 aliphatic rings. The van der Waals surface area contributed by atoms with E-state index in [0.29, 0.717) is 13.1 Å². The lowest BCUT2D eigenvalue weighted by atomic mass is 9.99. The van der Waals surface area contributed by atoms with Gasteiger partial charge in [-0.05, 0) is 78.3 Å². The number of alkyl carbamates (subject to hydrolysis) is 2. The lowest BCUT2D eigenvalue weighted by molar-refractivity contribution is -0.136. The van der Waals surface area contributed by atoms with Crippen molar-refractivity contribution in [2.24, 2.45) is 11.8 Å². The highest BCUT2D eigenvalue weighted by Crippen LogP contribution is 2.42. The molecule has 55 heavy (non-hydrogen) atoms. The summed E-state index contributed by atoms with van der Waals surface area (Å²) in [5, 5.41) is 5.42. The first kappa shape index (κ1) is 37.6. The van der Waals surface area contributed by atoms with Gasteiger partial charge >= 0.3 is 12.2 Å². The number of ether oxygens (including phenoxy) is 2. The van der Waals surface area contributed by atoms with Crippen molar-refractivity contribution in [3.05, 3.63) is 71.6 Å². The summed E-state index contributed by atoms with van der Waals surface area (Å²) in [5.41, 5.74) is 8.52. The molecule has 0 radical (unpaired) electrons. The van der Waals surface area contributed by atoms with Crippen molar-refractivity contribution in [1.29, 1.82) is 0 Å². The van der Waals surface area contributed by atoms with E-state index >= 15 is 0 Å². The highest BCUT2D eigenvalue weighted by molar-refractivity contribution is 5.88. The van der Waals surface area contributed by atoms with Crippen molar-refractivity contribution in [3.63, 3.8) is 0 Å². The smallest absolute Gasteiger partial charge is 0.407 e. The Morgan fingerprint density at radius 3 is 1.49 bits per heavy atom. The van der Waals surface area contributed by atoms with Crippen LogP contribution >= 0.6 is 0 Å². The van der Waals surface area contributed by atoms with Gasteiger partial charge in [0.1, 0.15) is 23.7 Å². The Balaban J connectivity index is 1.09. The summed E-state index contributed by atoms with van der Waals surface area (Å²) in [4.78, 5) is 71.4. The highest BCUT2D eigenvalue weighted by atomic mass is 16.5. The number of hydrogen-bond donors (Lipinski definition) is 4. The number of hydrogen-bond acceptors (Lipinski definition) is 8. The average Bonchev–Trinajstić information content (AvgIpc) is 4.03. The van der Waals surface area contributed by atoms with Gasteiger partial charge < -0.3 is 39.9 Å². The quantitative estimate of drug-likeness (QED) is 0.132. The normalized spacial score (nSPS) is 18.6. The van der Waals surface area contributed by atoms with E-state index in [-0.39, 0.29) is 35.7 Å². The molecular weight excluding hydrogens is 701 g/mol. The molecule has 4 aromatic rings. The number of rotatable bonds is 10. The molecule has 14 heteroatoms. The maximum Gasteiger partial charge on any atom is 0.407 e. The summed E-state index contributed by atoms with van der Waals surface area (Å²) in [6, 6.07) is 11.1. The van der Waals surface area contributed by atoms with Gasteiger partial charge in [-0.25, -0.2) is 19.6 Å². The standard InChI is InChI=1S/C41H50N8O6/c1-22(2)34(46-40(52)54-5)38(50)48-15-7-9-32(48)36-42-20-30(44-36)26-13-11-24-17-25-12-14-27(19-29(25)28(24)18-26)31-21-43-37(45-31)33-10-8-16-49(33)39(51)35(23(3)4)47-41(53)55-6/h11-14,18-23,32-35H,7-10,15-17H2,1-6H3,(H,42,44)(H,43,45)(H,46,52)(H,47,53). The molecule has 0 bridgehead atoms. The van der Waals surface area contributed by atoms with Crippen molar-refractivity contribution in [1.82, 2.24) is 40.4 Å². The summed E-state index contributed by atoms with van der Waals surface area (Å²) < 4.78 is 9.55. The summed E-state index contributed by atoms with van der Waals surface area (Å²) in [5.74, 6) is 0.941. The van der Waals surface area contributed by atoms with Gasteiger partial charge in [-0.2, -0.15) is 0 Å². The molecule has 4 atom stereocenters. The number of methoxy groups -OCH3 is 2. The number of carbonyl (C=O) groups is 4. The van der Waals surface area contributed by atoms with E-state index in [4.69, 9.17) is 19.4 Å². The summed E-state index contributed by atoms with van der Waals surface area (Å²) in [6.45, 7) is 8.79. The van der Waals surface area contributed by atoms with Gasteiger partial charge in [-0.15, -0.1) is 0 Å². The fourth-order valence-electron chi connectivity index (χ4n) is 8.19. The topological polar surface area (TPSA) is 175 Å². The second-order valence-corrected chi connectivity index (χ2v) is 15.4. The molecule has 4 unspecified atom stereocenters. The number of carbonyl (C=O) groups excluding carboxylic acids is 4. The van der Waals surface area contributed by atoms with E-state index in [0.717, 1.165) is 77.4 Å². The first-order chi connectivity index (χ1) is 26.5. The molecule has 4 N–H and O–H groups in total. The molecule has 4 heterocycles. The molecule has 290 valence electrons. The minimum Gasteiger partial charge on any atom is -0.453 e. The molecular formula is C41H50N8O6. The second-order valence-electron chi connectivity index (χ2n) is 15.4. The zero-order chi connectivity index (χ0) is 39.0. The molecule has 2 saturated heterocycles. The van der Waals surface area contributed by atoms with Gasteiger partial charge in [0.05, 0.1) is 50.1 Å². The van der Waals surface area contributed by atoms with Crippen molar-refractivity contribution in [3.8, 4) is 33.6 Å². The predicted molar refractivity (Wildman–Crippen MR) is 206 cm³/mol. The maximum absolute atomic E-state index is 13.6. The van der Waals surface area contributed by atoms with E-state index in [1.807, 2.05) is 49.9 Å². The van der Waals surface area contributed by atoms with Gasteiger partial charge in [0.2, 0.25) is 11.8 Å². The van der Waals surface area contributed by atoms with Crippen LogP contribution < -0.4 is 10.6 Å². The fourth-order valence-corrected chi connectivity index (χ4v) is 8.19. The van der Waals surface area contributed by atoms with Gasteiger partial charge in [-0.3, -0.25) is 9.59 Å². The monoisotopic (exact) mass is 750 g/mol. The molecule has 4 amide bonds. The third-order valence-electron chi connectivity index (χ3n) is 11.2. The highest BCUT2D eigenvalue weighted by Gasteiger charge is 2.39. The number of nitrogens with zero attached hydrogens (tertiary/aromatic N) is 4. The van der Waals surface area contributed by atoms with Gasteiger partial charge in [0.15, 0.2) is 0 Å². The van der Waals surface area contributed by atoms with Gasteiger partial charge in [-0.1, -0.05) is 52.0 Å². The number of likely N-dealkylation sites (tertiary alicyclic amines) is 2. The maximum atomic E-state index is 13.6. The summed E-state index contributed by atoms with van der Waals surface area (Å²) >= 11 is 0. The Hall–Kier alpha value is -5.66. The van der Waals surface area contributed by atoms with Crippen LogP contribution in [-0.4, -0.2) is 93.1 Å². The van der Waals surface area contributed by atoms with Gasteiger partial charge in [0.25, 0.3) is 0 Å². The van der Waals surface area contributed by atoms with Crippen molar-refractivity contribution in [2.45, 2.75) is 84.0 Å². The molecule has 7 rings (SSSR count).